The molecular weight excluding hydrogens is 552 g/mol. The number of para-hydroxylation sites is 4. The molecule has 0 fully saturated rings. The zero-order valence-corrected chi connectivity index (χ0v) is 25.8. The van der Waals surface area contributed by atoms with Gasteiger partial charge in [-0.25, -0.2) is 0 Å². The van der Waals surface area contributed by atoms with Crippen molar-refractivity contribution in [3.63, 3.8) is 0 Å². The Bertz CT molecular complexity index is 1380. The van der Waals surface area contributed by atoms with E-state index in [0.717, 1.165) is 56.4 Å². The van der Waals surface area contributed by atoms with Crippen LogP contribution in [0.1, 0.15) is 33.4 Å². The van der Waals surface area contributed by atoms with E-state index < -0.39 is 0 Å². The molecule has 0 unspecified atom stereocenters. The van der Waals surface area contributed by atoms with Gasteiger partial charge >= 0.3 is 0 Å². The third kappa shape index (κ3) is 8.99. The first kappa shape index (κ1) is 32.4. The highest BCUT2D eigenvalue weighted by molar-refractivity contribution is 5.60. The Labute approximate surface area is 261 Å². The normalized spacial score (nSPS) is 10.7. The highest BCUT2D eigenvalue weighted by Gasteiger charge is 2.13. The van der Waals surface area contributed by atoms with Gasteiger partial charge in [-0.3, -0.25) is 0 Å². The molecule has 0 spiro atoms. The zero-order valence-electron chi connectivity index (χ0n) is 25.8. The summed E-state index contributed by atoms with van der Waals surface area (Å²) < 4.78 is 35.0. The maximum atomic E-state index is 6.18. The van der Waals surface area contributed by atoms with Crippen LogP contribution in [0.4, 0.5) is 0 Å². The fourth-order valence-corrected chi connectivity index (χ4v) is 5.00. The molecule has 0 aliphatic carbocycles. The average Bonchev–Trinajstić information content (AvgIpc) is 3.06. The summed E-state index contributed by atoms with van der Waals surface area (Å²) in [5.74, 6) is 3.34. The number of benzene rings is 4. The first-order valence-electron chi connectivity index (χ1n) is 14.8. The molecule has 0 aliphatic heterocycles. The van der Waals surface area contributed by atoms with Gasteiger partial charge in [0.1, 0.15) is 36.2 Å². The van der Waals surface area contributed by atoms with Crippen molar-refractivity contribution in [1.29, 1.82) is 0 Å². The first-order valence-corrected chi connectivity index (χ1v) is 14.8. The molecule has 4 rings (SSSR count). The van der Waals surface area contributed by atoms with E-state index in [9.17, 15) is 0 Å². The second-order valence-corrected chi connectivity index (χ2v) is 9.98. The van der Waals surface area contributed by atoms with Crippen molar-refractivity contribution < 1.29 is 28.4 Å². The maximum absolute atomic E-state index is 6.18. The Morgan fingerprint density at radius 2 is 0.864 bits per heavy atom. The van der Waals surface area contributed by atoms with Gasteiger partial charge in [0.2, 0.25) is 0 Å². The van der Waals surface area contributed by atoms with E-state index >= 15 is 0 Å². The van der Waals surface area contributed by atoms with Crippen LogP contribution >= 0.6 is 0 Å². The Morgan fingerprint density at radius 1 is 0.477 bits per heavy atom. The summed E-state index contributed by atoms with van der Waals surface area (Å²) in [7, 11) is 3.38. The van der Waals surface area contributed by atoms with Crippen molar-refractivity contribution in [2.45, 2.75) is 12.8 Å². The van der Waals surface area contributed by atoms with Gasteiger partial charge in [0.05, 0.1) is 40.6 Å². The maximum Gasteiger partial charge on any atom is 0.130 e. The fourth-order valence-electron chi connectivity index (χ4n) is 5.00. The molecule has 0 aliphatic rings. The molecule has 0 saturated heterocycles. The number of hydrogen-bond acceptors (Lipinski definition) is 6. The summed E-state index contributed by atoms with van der Waals surface area (Å²) in [6, 6.07) is 28.2. The van der Waals surface area contributed by atoms with Crippen LogP contribution in [0.2, 0.25) is 0 Å². The lowest BCUT2D eigenvalue weighted by atomic mass is 10.0. The van der Waals surface area contributed by atoms with Crippen LogP contribution in [0.5, 0.6) is 23.0 Å². The lowest BCUT2D eigenvalue weighted by Gasteiger charge is -2.16. The summed E-state index contributed by atoms with van der Waals surface area (Å²) in [5.41, 5.74) is 6.23. The molecule has 0 amide bonds. The third-order valence-corrected chi connectivity index (χ3v) is 7.16. The van der Waals surface area contributed by atoms with Crippen LogP contribution in [0, 0.1) is 0 Å². The van der Waals surface area contributed by atoms with Crippen LogP contribution in [0.3, 0.4) is 0 Å². The van der Waals surface area contributed by atoms with Crippen LogP contribution in [-0.2, 0) is 22.3 Å². The molecule has 0 heterocycles. The summed E-state index contributed by atoms with van der Waals surface area (Å²) in [6.07, 6.45) is 5.01. The van der Waals surface area contributed by atoms with Crippen LogP contribution in [0.25, 0.3) is 12.2 Å². The highest BCUT2D eigenvalue weighted by Crippen LogP contribution is 2.31. The molecule has 44 heavy (non-hydrogen) atoms. The molecule has 0 N–H and O–H groups in total. The van der Waals surface area contributed by atoms with Crippen LogP contribution in [0.15, 0.2) is 98.1 Å². The zero-order chi connectivity index (χ0) is 31.0. The highest BCUT2D eigenvalue weighted by atomic mass is 16.6. The van der Waals surface area contributed by atoms with Crippen molar-refractivity contribution in [2.75, 3.05) is 53.9 Å². The van der Waals surface area contributed by atoms with Crippen molar-refractivity contribution in [1.82, 2.24) is 0 Å². The van der Waals surface area contributed by atoms with E-state index in [1.165, 1.54) is 0 Å². The molecule has 0 radical (unpaired) electrons. The van der Waals surface area contributed by atoms with Crippen molar-refractivity contribution >= 4 is 12.2 Å². The molecule has 0 atom stereocenters. The molecule has 0 aromatic heterocycles. The van der Waals surface area contributed by atoms with Crippen LogP contribution in [-0.4, -0.2) is 53.9 Å². The number of methoxy groups -OCH3 is 2. The molecule has 6 nitrogen and oxygen atoms in total. The van der Waals surface area contributed by atoms with Gasteiger partial charge in [-0.1, -0.05) is 98.1 Å². The summed E-state index contributed by atoms with van der Waals surface area (Å²) >= 11 is 0. The Balaban J connectivity index is 1.19. The summed E-state index contributed by atoms with van der Waals surface area (Å²) in [6.45, 7) is 10.5. The predicted molar refractivity (Wildman–Crippen MR) is 177 cm³/mol. The second kappa shape index (κ2) is 17.6. The van der Waals surface area contributed by atoms with Gasteiger partial charge in [-0.2, -0.15) is 0 Å². The monoisotopic (exact) mass is 594 g/mol. The Morgan fingerprint density at radius 3 is 1.27 bits per heavy atom. The van der Waals surface area contributed by atoms with Crippen LogP contribution < -0.4 is 18.9 Å². The van der Waals surface area contributed by atoms with Crippen molar-refractivity contribution in [2.24, 2.45) is 0 Å². The van der Waals surface area contributed by atoms with Crippen molar-refractivity contribution in [3.8, 4) is 23.0 Å². The number of rotatable bonds is 19. The van der Waals surface area contributed by atoms with Gasteiger partial charge in [-0.15, -0.1) is 0 Å². The molecule has 0 bridgehead atoms. The topological polar surface area (TPSA) is 55.4 Å². The lowest BCUT2D eigenvalue weighted by Crippen LogP contribution is -2.14. The average molecular weight is 595 g/mol. The van der Waals surface area contributed by atoms with E-state index in [0.29, 0.717) is 52.5 Å². The minimum absolute atomic E-state index is 0.417. The SMILES string of the molecule is C=Cc1cccc(Cc2ccccc2OC)c1OCCOCCOCCOc1c(C=C)cccc1Cc1ccccc1OC. The van der Waals surface area contributed by atoms with Gasteiger partial charge in [0.15, 0.2) is 0 Å². The quantitative estimate of drug-likeness (QED) is 0.104. The molecule has 6 heteroatoms. The standard InChI is InChI=1S/C38H42O6/c1-5-29-15-11-17-33(27-31-13-7-9-19-35(31)39-3)37(29)43-25-23-41-21-22-42-24-26-44-38-30(6-2)16-12-18-34(38)28-32-14-8-10-20-36(32)40-4/h5-20H,1-2,21-28H2,3-4H3. The molecule has 4 aromatic rings. The van der Waals surface area contributed by atoms with E-state index in [1.807, 2.05) is 72.8 Å². The van der Waals surface area contributed by atoms with E-state index in [2.05, 4.69) is 37.4 Å². The smallest absolute Gasteiger partial charge is 0.130 e. The first-order chi connectivity index (χ1) is 21.7. The van der Waals surface area contributed by atoms with E-state index in [4.69, 9.17) is 28.4 Å². The Hall–Kier alpha value is -4.52. The molecule has 0 saturated carbocycles. The third-order valence-electron chi connectivity index (χ3n) is 7.16. The molecular formula is C38H42O6. The number of hydrogen-bond donors (Lipinski definition) is 0. The van der Waals surface area contributed by atoms with Gasteiger partial charge in [-0.05, 0) is 34.4 Å². The van der Waals surface area contributed by atoms with E-state index in [-0.39, 0.29) is 0 Å². The lowest BCUT2D eigenvalue weighted by molar-refractivity contribution is 0.0272. The van der Waals surface area contributed by atoms with Crippen molar-refractivity contribution in [3.05, 3.63) is 131 Å². The second-order valence-electron chi connectivity index (χ2n) is 9.98. The number of ether oxygens (including phenoxy) is 6. The Kier molecular flexibility index (Phi) is 12.9. The largest absolute Gasteiger partial charge is 0.496 e. The van der Waals surface area contributed by atoms with Gasteiger partial charge < -0.3 is 28.4 Å². The minimum atomic E-state index is 0.417. The summed E-state index contributed by atoms with van der Waals surface area (Å²) in [4.78, 5) is 0. The summed E-state index contributed by atoms with van der Waals surface area (Å²) in [5, 5.41) is 0. The molecule has 4 aromatic carbocycles. The molecule has 230 valence electrons. The van der Waals surface area contributed by atoms with Gasteiger partial charge in [0.25, 0.3) is 0 Å². The van der Waals surface area contributed by atoms with Gasteiger partial charge in [0, 0.05) is 24.0 Å². The fraction of sp³-hybridized carbons (Fsp3) is 0.263. The predicted octanol–water partition coefficient (Wildman–Crippen LogP) is 7.66. The van der Waals surface area contributed by atoms with E-state index in [1.54, 1.807) is 14.2 Å². The minimum Gasteiger partial charge on any atom is -0.496 e.